The molecule has 0 bridgehead atoms. The molecule has 0 amide bonds. The van der Waals surface area contributed by atoms with E-state index in [1.807, 2.05) is 12.1 Å². The van der Waals surface area contributed by atoms with E-state index < -0.39 is 27.0 Å². The molecule has 2 unspecified atom stereocenters. The lowest BCUT2D eigenvalue weighted by molar-refractivity contribution is -0.138. The summed E-state index contributed by atoms with van der Waals surface area (Å²) in [6, 6.07) is 11.9. The first kappa shape index (κ1) is 16.6. The van der Waals surface area contributed by atoms with E-state index >= 15 is 0 Å². The van der Waals surface area contributed by atoms with E-state index in [0.29, 0.717) is 19.3 Å². The van der Waals surface area contributed by atoms with E-state index in [4.69, 9.17) is 0 Å². The molecule has 0 saturated heterocycles. The maximum Gasteiger partial charge on any atom is 0.322 e. The van der Waals surface area contributed by atoms with Crippen molar-refractivity contribution in [3.8, 4) is 0 Å². The van der Waals surface area contributed by atoms with Crippen molar-refractivity contribution in [2.75, 3.05) is 0 Å². The SMILES string of the molecule is O=C1CCCC(C(C(=O)O)S(=O)(=O)c2ccc3ccccc3c2)C1. The molecule has 3 rings (SSSR count). The van der Waals surface area contributed by atoms with Crippen LogP contribution in [-0.4, -0.2) is 30.5 Å². The van der Waals surface area contributed by atoms with Crippen molar-refractivity contribution in [2.24, 2.45) is 5.92 Å². The Bertz CT molecular complexity index is 901. The predicted octanol–water partition coefficient (Wildman–Crippen LogP) is 2.83. The average Bonchev–Trinajstić information content (AvgIpc) is 2.54. The first-order valence-electron chi connectivity index (χ1n) is 7.87. The second-order valence-corrected chi connectivity index (χ2v) is 8.28. The van der Waals surface area contributed by atoms with Crippen molar-refractivity contribution < 1.29 is 23.1 Å². The zero-order valence-electron chi connectivity index (χ0n) is 13.0. The molecule has 5 nitrogen and oxygen atoms in total. The van der Waals surface area contributed by atoms with E-state index in [9.17, 15) is 23.1 Å². The van der Waals surface area contributed by atoms with Crippen molar-refractivity contribution in [2.45, 2.75) is 35.8 Å². The molecule has 2 aromatic carbocycles. The van der Waals surface area contributed by atoms with Gasteiger partial charge in [0.1, 0.15) is 5.78 Å². The van der Waals surface area contributed by atoms with Crippen LogP contribution in [0, 0.1) is 5.92 Å². The van der Waals surface area contributed by atoms with Crippen molar-refractivity contribution in [1.82, 2.24) is 0 Å². The van der Waals surface area contributed by atoms with Crippen LogP contribution in [0.3, 0.4) is 0 Å². The number of benzene rings is 2. The molecule has 126 valence electrons. The van der Waals surface area contributed by atoms with E-state index in [0.717, 1.165) is 10.8 Å². The number of hydrogen-bond donors (Lipinski definition) is 1. The summed E-state index contributed by atoms with van der Waals surface area (Å²) in [5.41, 5.74) is 0. The van der Waals surface area contributed by atoms with E-state index in [1.165, 1.54) is 12.1 Å². The Balaban J connectivity index is 2.04. The summed E-state index contributed by atoms with van der Waals surface area (Å²) in [6.45, 7) is 0. The number of Topliss-reactive ketones (excluding diaryl/α,β-unsaturated/α-hetero) is 1. The minimum absolute atomic E-state index is 0.00776. The van der Waals surface area contributed by atoms with Gasteiger partial charge in [-0.2, -0.15) is 0 Å². The number of aliphatic carboxylic acids is 1. The molecule has 0 heterocycles. The minimum atomic E-state index is -4.07. The third-order valence-corrected chi connectivity index (χ3v) is 6.74. The number of hydrogen-bond acceptors (Lipinski definition) is 4. The summed E-state index contributed by atoms with van der Waals surface area (Å²) in [4.78, 5) is 23.3. The van der Waals surface area contributed by atoms with Crippen LogP contribution in [0.2, 0.25) is 0 Å². The van der Waals surface area contributed by atoms with Gasteiger partial charge in [-0.1, -0.05) is 30.3 Å². The molecule has 0 spiro atoms. The van der Waals surface area contributed by atoms with Crippen LogP contribution in [0.25, 0.3) is 10.8 Å². The first-order chi connectivity index (χ1) is 11.4. The second-order valence-electron chi connectivity index (χ2n) is 6.21. The molecule has 2 atom stereocenters. The smallest absolute Gasteiger partial charge is 0.322 e. The number of carbonyl (C=O) groups excluding carboxylic acids is 1. The number of ketones is 1. The van der Waals surface area contributed by atoms with Gasteiger partial charge in [-0.25, -0.2) is 8.42 Å². The van der Waals surface area contributed by atoms with Crippen LogP contribution in [0.15, 0.2) is 47.4 Å². The van der Waals surface area contributed by atoms with E-state index in [2.05, 4.69) is 0 Å². The molecule has 2 aromatic rings. The number of carbonyl (C=O) groups is 2. The summed E-state index contributed by atoms with van der Waals surface area (Å²) in [5.74, 6) is -2.12. The average molecular weight is 346 g/mol. The largest absolute Gasteiger partial charge is 0.480 e. The van der Waals surface area contributed by atoms with Gasteiger partial charge in [0.05, 0.1) is 4.90 Å². The van der Waals surface area contributed by atoms with Crippen LogP contribution < -0.4 is 0 Å². The molecular weight excluding hydrogens is 328 g/mol. The van der Waals surface area contributed by atoms with Gasteiger partial charge in [0, 0.05) is 12.8 Å². The molecular formula is C18H18O5S. The topological polar surface area (TPSA) is 88.5 Å². The Labute approximate surface area is 140 Å². The van der Waals surface area contributed by atoms with Gasteiger partial charge in [-0.3, -0.25) is 9.59 Å². The predicted molar refractivity (Wildman–Crippen MR) is 89.5 cm³/mol. The minimum Gasteiger partial charge on any atom is -0.480 e. The van der Waals surface area contributed by atoms with Crippen LogP contribution in [0.5, 0.6) is 0 Å². The summed E-state index contributed by atoms with van der Waals surface area (Å²) in [6.07, 6.45) is 1.40. The highest BCUT2D eigenvalue weighted by atomic mass is 32.2. The van der Waals surface area contributed by atoms with Crippen molar-refractivity contribution in [1.29, 1.82) is 0 Å². The second kappa shape index (κ2) is 6.36. The van der Waals surface area contributed by atoms with Crippen molar-refractivity contribution in [3.63, 3.8) is 0 Å². The fourth-order valence-corrected chi connectivity index (χ4v) is 5.24. The summed E-state index contributed by atoms with van der Waals surface area (Å²) >= 11 is 0. The normalized spacial score (nSPS) is 20.0. The number of fused-ring (bicyclic) bond motifs is 1. The molecule has 0 aromatic heterocycles. The maximum atomic E-state index is 12.9. The van der Waals surface area contributed by atoms with Gasteiger partial charge < -0.3 is 5.11 Å². The Morgan fingerprint density at radius 2 is 1.83 bits per heavy atom. The van der Waals surface area contributed by atoms with Crippen LogP contribution in [-0.2, 0) is 19.4 Å². The van der Waals surface area contributed by atoms with Crippen molar-refractivity contribution in [3.05, 3.63) is 42.5 Å². The van der Waals surface area contributed by atoms with E-state index in [1.54, 1.807) is 18.2 Å². The third-order valence-electron chi connectivity index (χ3n) is 4.58. The van der Waals surface area contributed by atoms with Crippen LogP contribution >= 0.6 is 0 Å². The summed E-state index contributed by atoms with van der Waals surface area (Å²) in [7, 11) is -4.07. The monoisotopic (exact) mass is 346 g/mol. The summed E-state index contributed by atoms with van der Waals surface area (Å²) in [5, 5.41) is 9.57. The van der Waals surface area contributed by atoms with Gasteiger partial charge in [-0.15, -0.1) is 0 Å². The van der Waals surface area contributed by atoms with Crippen LogP contribution in [0.1, 0.15) is 25.7 Å². The number of carboxylic acid groups (broad SMARTS) is 1. The molecule has 6 heteroatoms. The first-order valence-corrected chi connectivity index (χ1v) is 9.41. The van der Waals surface area contributed by atoms with Crippen molar-refractivity contribution >= 4 is 32.4 Å². The molecule has 24 heavy (non-hydrogen) atoms. The van der Waals surface area contributed by atoms with Gasteiger partial charge in [0.25, 0.3) is 0 Å². The number of rotatable bonds is 4. The number of carboxylic acids is 1. The summed E-state index contributed by atoms with van der Waals surface area (Å²) < 4.78 is 25.9. The third kappa shape index (κ3) is 3.06. The standard InChI is InChI=1S/C18H18O5S/c19-15-7-3-6-14(10-15)17(18(20)21)24(22,23)16-9-8-12-4-1-2-5-13(12)11-16/h1-2,4-5,8-9,11,14,17H,3,6-7,10H2,(H,20,21). The molecule has 0 aliphatic heterocycles. The Kier molecular flexibility index (Phi) is 4.41. The zero-order chi connectivity index (χ0) is 17.3. The highest BCUT2D eigenvalue weighted by Crippen LogP contribution is 2.32. The molecule has 1 fully saturated rings. The van der Waals surface area contributed by atoms with Gasteiger partial charge in [0.2, 0.25) is 0 Å². The van der Waals surface area contributed by atoms with Crippen LogP contribution in [0.4, 0.5) is 0 Å². The zero-order valence-corrected chi connectivity index (χ0v) is 13.8. The van der Waals surface area contributed by atoms with Gasteiger partial charge in [0.15, 0.2) is 15.1 Å². The highest BCUT2D eigenvalue weighted by molar-refractivity contribution is 7.92. The maximum absolute atomic E-state index is 12.9. The lowest BCUT2D eigenvalue weighted by atomic mass is 9.86. The number of sulfone groups is 1. The lowest BCUT2D eigenvalue weighted by Gasteiger charge is -2.26. The molecule has 0 radical (unpaired) electrons. The van der Waals surface area contributed by atoms with Gasteiger partial charge in [-0.05, 0) is 41.7 Å². The fraction of sp³-hybridized carbons (Fsp3) is 0.333. The fourth-order valence-electron chi connectivity index (χ4n) is 3.40. The Morgan fingerprint density at radius 1 is 1.12 bits per heavy atom. The highest BCUT2D eigenvalue weighted by Gasteiger charge is 2.42. The molecule has 1 N–H and O–H groups in total. The molecule has 1 saturated carbocycles. The lowest BCUT2D eigenvalue weighted by Crippen LogP contribution is -2.39. The van der Waals surface area contributed by atoms with Gasteiger partial charge >= 0.3 is 5.97 Å². The quantitative estimate of drug-likeness (QED) is 0.919. The van der Waals surface area contributed by atoms with E-state index in [-0.39, 0.29) is 17.1 Å². The Morgan fingerprint density at radius 3 is 2.50 bits per heavy atom. The Hall–Kier alpha value is -2.21. The molecule has 1 aliphatic rings. The molecule has 1 aliphatic carbocycles.